The molecule has 0 saturated heterocycles. The highest BCUT2D eigenvalue weighted by atomic mass is 16.2. The summed E-state index contributed by atoms with van der Waals surface area (Å²) in [5.41, 5.74) is 4.47. The third kappa shape index (κ3) is 4.84. The van der Waals surface area contributed by atoms with Crippen LogP contribution in [0.3, 0.4) is 0 Å². The second-order valence-electron chi connectivity index (χ2n) is 5.61. The Hall–Kier alpha value is -2.82. The van der Waals surface area contributed by atoms with E-state index in [-0.39, 0.29) is 18.4 Å². The third-order valence-electron chi connectivity index (χ3n) is 3.73. The summed E-state index contributed by atoms with van der Waals surface area (Å²) < 4.78 is 0. The molecular weight excluding hydrogens is 302 g/mol. The van der Waals surface area contributed by atoms with Gasteiger partial charge in [0.1, 0.15) is 0 Å². The Morgan fingerprint density at radius 3 is 2.25 bits per heavy atom. The summed E-state index contributed by atoms with van der Waals surface area (Å²) >= 11 is 0. The first-order chi connectivity index (χ1) is 11.5. The maximum atomic E-state index is 12.1. The molecule has 0 atom stereocenters. The number of hydrogen-bond acceptors (Lipinski definition) is 3. The fraction of sp³-hybridized carbons (Fsp3) is 0.263. The van der Waals surface area contributed by atoms with Crippen molar-refractivity contribution in [2.75, 3.05) is 22.5 Å². The molecule has 0 aliphatic heterocycles. The third-order valence-corrected chi connectivity index (χ3v) is 3.73. The van der Waals surface area contributed by atoms with E-state index in [1.54, 1.807) is 0 Å². The monoisotopic (exact) mass is 325 g/mol. The van der Waals surface area contributed by atoms with Crippen molar-refractivity contribution in [3.8, 4) is 0 Å². The second-order valence-corrected chi connectivity index (χ2v) is 5.61. The van der Waals surface area contributed by atoms with Crippen LogP contribution in [0.25, 0.3) is 0 Å². The van der Waals surface area contributed by atoms with Crippen molar-refractivity contribution in [1.82, 2.24) is 0 Å². The molecule has 0 aromatic heterocycles. The van der Waals surface area contributed by atoms with E-state index in [1.807, 2.05) is 49.4 Å². The van der Waals surface area contributed by atoms with Gasteiger partial charge in [0.25, 0.3) is 0 Å². The van der Waals surface area contributed by atoms with E-state index >= 15 is 0 Å². The molecule has 126 valence electrons. The van der Waals surface area contributed by atoms with Gasteiger partial charge in [-0.05, 0) is 48.7 Å². The standard InChI is InChI=1S/C19H23N3O2/c1-4-15-8-10-16(11-9-15)22-19(24)12-20-17-6-5-7-18(13(17)2)21-14(3)23/h5-11,20H,4,12H2,1-3H3,(H,21,23)(H,22,24). The molecule has 0 radical (unpaired) electrons. The molecule has 2 aromatic carbocycles. The molecule has 5 nitrogen and oxygen atoms in total. The largest absolute Gasteiger partial charge is 0.376 e. The van der Waals surface area contributed by atoms with Gasteiger partial charge in [-0.1, -0.05) is 25.1 Å². The minimum absolute atomic E-state index is 0.122. The molecule has 0 spiro atoms. The highest BCUT2D eigenvalue weighted by Gasteiger charge is 2.07. The second kappa shape index (κ2) is 8.15. The zero-order valence-electron chi connectivity index (χ0n) is 14.3. The first kappa shape index (κ1) is 17.5. The normalized spacial score (nSPS) is 10.1. The number of nitrogens with one attached hydrogen (secondary N) is 3. The summed E-state index contributed by atoms with van der Waals surface area (Å²) in [4.78, 5) is 23.3. The molecule has 2 aromatic rings. The Balaban J connectivity index is 1.94. The van der Waals surface area contributed by atoms with Crippen molar-refractivity contribution in [3.05, 3.63) is 53.6 Å². The molecule has 0 bridgehead atoms. The van der Waals surface area contributed by atoms with Crippen LogP contribution < -0.4 is 16.0 Å². The van der Waals surface area contributed by atoms with E-state index in [0.717, 1.165) is 29.0 Å². The van der Waals surface area contributed by atoms with Gasteiger partial charge in [-0.3, -0.25) is 9.59 Å². The van der Waals surface area contributed by atoms with Crippen LogP contribution in [-0.4, -0.2) is 18.4 Å². The maximum absolute atomic E-state index is 12.1. The van der Waals surface area contributed by atoms with Crippen molar-refractivity contribution < 1.29 is 9.59 Å². The van der Waals surface area contributed by atoms with Crippen LogP contribution in [-0.2, 0) is 16.0 Å². The molecule has 3 N–H and O–H groups in total. The Morgan fingerprint density at radius 2 is 1.62 bits per heavy atom. The van der Waals surface area contributed by atoms with E-state index in [4.69, 9.17) is 0 Å². The number of rotatable bonds is 6. The number of benzene rings is 2. The van der Waals surface area contributed by atoms with Crippen molar-refractivity contribution >= 4 is 28.9 Å². The molecule has 0 aliphatic rings. The topological polar surface area (TPSA) is 70.2 Å². The zero-order chi connectivity index (χ0) is 17.5. The molecule has 0 aliphatic carbocycles. The number of carbonyl (C=O) groups is 2. The van der Waals surface area contributed by atoms with Gasteiger partial charge in [0, 0.05) is 24.0 Å². The lowest BCUT2D eigenvalue weighted by Crippen LogP contribution is -2.22. The lowest BCUT2D eigenvalue weighted by molar-refractivity contribution is -0.115. The number of anilines is 3. The van der Waals surface area contributed by atoms with Gasteiger partial charge in [0.15, 0.2) is 0 Å². The van der Waals surface area contributed by atoms with Gasteiger partial charge in [0.2, 0.25) is 11.8 Å². The summed E-state index contributed by atoms with van der Waals surface area (Å²) in [6.07, 6.45) is 0.972. The van der Waals surface area contributed by atoms with Gasteiger partial charge in [-0.2, -0.15) is 0 Å². The predicted molar refractivity (Wildman–Crippen MR) is 98.4 cm³/mol. The Kier molecular flexibility index (Phi) is 5.95. The number of amides is 2. The molecule has 0 fully saturated rings. The number of carbonyl (C=O) groups excluding carboxylic acids is 2. The van der Waals surface area contributed by atoms with E-state index in [1.165, 1.54) is 12.5 Å². The van der Waals surface area contributed by atoms with Crippen molar-refractivity contribution in [2.45, 2.75) is 27.2 Å². The minimum Gasteiger partial charge on any atom is -0.376 e. The van der Waals surface area contributed by atoms with Crippen LogP contribution in [0.5, 0.6) is 0 Å². The van der Waals surface area contributed by atoms with Crippen LogP contribution in [0.1, 0.15) is 25.0 Å². The quantitative estimate of drug-likeness (QED) is 0.760. The molecule has 0 saturated carbocycles. The van der Waals surface area contributed by atoms with Crippen LogP contribution in [0.2, 0.25) is 0 Å². The average Bonchev–Trinajstić information content (AvgIpc) is 2.56. The fourth-order valence-corrected chi connectivity index (χ4v) is 2.36. The van der Waals surface area contributed by atoms with E-state index < -0.39 is 0 Å². The Labute approximate surface area is 142 Å². The van der Waals surface area contributed by atoms with Crippen molar-refractivity contribution in [2.24, 2.45) is 0 Å². The van der Waals surface area contributed by atoms with Crippen molar-refractivity contribution in [1.29, 1.82) is 0 Å². The Morgan fingerprint density at radius 1 is 0.958 bits per heavy atom. The number of hydrogen-bond donors (Lipinski definition) is 3. The molecule has 2 rings (SSSR count). The van der Waals surface area contributed by atoms with Crippen LogP contribution in [0.15, 0.2) is 42.5 Å². The van der Waals surface area contributed by atoms with E-state index in [9.17, 15) is 9.59 Å². The molecule has 24 heavy (non-hydrogen) atoms. The summed E-state index contributed by atoms with van der Waals surface area (Å²) in [6, 6.07) is 13.4. The fourth-order valence-electron chi connectivity index (χ4n) is 2.36. The van der Waals surface area contributed by atoms with Gasteiger partial charge < -0.3 is 16.0 Å². The molecule has 0 heterocycles. The minimum atomic E-state index is -0.122. The van der Waals surface area contributed by atoms with Gasteiger partial charge in [-0.15, -0.1) is 0 Å². The van der Waals surface area contributed by atoms with Crippen LogP contribution in [0, 0.1) is 6.92 Å². The van der Waals surface area contributed by atoms with Gasteiger partial charge in [-0.25, -0.2) is 0 Å². The first-order valence-electron chi connectivity index (χ1n) is 7.99. The molecular formula is C19H23N3O2. The highest BCUT2D eigenvalue weighted by molar-refractivity contribution is 5.94. The summed E-state index contributed by atoms with van der Waals surface area (Å²) in [5, 5.41) is 8.74. The van der Waals surface area contributed by atoms with Crippen LogP contribution >= 0.6 is 0 Å². The SMILES string of the molecule is CCc1ccc(NC(=O)CNc2cccc(NC(C)=O)c2C)cc1. The average molecular weight is 325 g/mol. The summed E-state index contributed by atoms with van der Waals surface area (Å²) in [5.74, 6) is -0.243. The molecule has 0 unspecified atom stereocenters. The smallest absolute Gasteiger partial charge is 0.243 e. The van der Waals surface area contributed by atoms with Gasteiger partial charge in [0.05, 0.1) is 6.54 Å². The molecule has 5 heteroatoms. The molecule has 2 amide bonds. The highest BCUT2D eigenvalue weighted by Crippen LogP contribution is 2.23. The van der Waals surface area contributed by atoms with Crippen molar-refractivity contribution in [3.63, 3.8) is 0 Å². The lowest BCUT2D eigenvalue weighted by atomic mass is 10.1. The summed E-state index contributed by atoms with van der Waals surface area (Å²) in [6.45, 7) is 5.61. The predicted octanol–water partition coefficient (Wildman–Crippen LogP) is 3.57. The zero-order valence-corrected chi connectivity index (χ0v) is 14.3. The van der Waals surface area contributed by atoms with E-state index in [2.05, 4.69) is 22.9 Å². The summed E-state index contributed by atoms with van der Waals surface area (Å²) in [7, 11) is 0. The Bertz CT molecular complexity index is 724. The number of aryl methyl sites for hydroxylation is 1. The maximum Gasteiger partial charge on any atom is 0.243 e. The lowest BCUT2D eigenvalue weighted by Gasteiger charge is -2.13. The first-order valence-corrected chi connectivity index (χ1v) is 7.99. The van der Waals surface area contributed by atoms with Crippen LogP contribution in [0.4, 0.5) is 17.1 Å². The van der Waals surface area contributed by atoms with E-state index in [0.29, 0.717) is 0 Å². The van der Waals surface area contributed by atoms with Gasteiger partial charge >= 0.3 is 0 Å².